The van der Waals surface area contributed by atoms with Crippen molar-refractivity contribution < 1.29 is 14.3 Å². The van der Waals surface area contributed by atoms with E-state index in [1.165, 1.54) is 7.11 Å². The monoisotopic (exact) mass is 262 g/mol. The zero-order valence-corrected chi connectivity index (χ0v) is 12.2. The van der Waals surface area contributed by atoms with Crippen LogP contribution in [0.3, 0.4) is 0 Å². The molecular weight excluding hydrogens is 240 g/mol. The van der Waals surface area contributed by atoms with Crippen LogP contribution in [0.2, 0.25) is 0 Å². The van der Waals surface area contributed by atoms with Gasteiger partial charge in [0.05, 0.1) is 13.5 Å². The highest BCUT2D eigenvalue weighted by atomic mass is 16.5. The van der Waals surface area contributed by atoms with Gasteiger partial charge in [-0.2, -0.15) is 0 Å². The molecule has 0 bridgehead atoms. The molecule has 2 aliphatic carbocycles. The van der Waals surface area contributed by atoms with Crippen molar-refractivity contribution in [2.75, 3.05) is 7.11 Å². The Kier molecular flexibility index (Phi) is 3.41. The van der Waals surface area contributed by atoms with E-state index in [4.69, 9.17) is 4.74 Å². The van der Waals surface area contributed by atoms with E-state index in [1.54, 1.807) is 0 Å². The number of esters is 1. The first-order chi connectivity index (χ1) is 8.83. The third-order valence-corrected chi connectivity index (χ3v) is 4.90. The minimum Gasteiger partial charge on any atom is -0.469 e. The van der Waals surface area contributed by atoms with E-state index in [9.17, 15) is 9.59 Å². The smallest absolute Gasteiger partial charge is 0.306 e. The van der Waals surface area contributed by atoms with Crippen LogP contribution < -0.4 is 0 Å². The average Bonchev–Trinajstić information content (AvgIpc) is 2.35. The molecule has 0 aromatic heterocycles. The third kappa shape index (κ3) is 2.15. The summed E-state index contributed by atoms with van der Waals surface area (Å²) in [5, 5.41) is 0. The van der Waals surface area contributed by atoms with E-state index in [1.807, 2.05) is 19.9 Å². The van der Waals surface area contributed by atoms with E-state index in [2.05, 4.69) is 19.1 Å². The number of hydrogen-bond acceptors (Lipinski definition) is 3. The van der Waals surface area contributed by atoms with E-state index in [0.717, 1.165) is 18.4 Å². The van der Waals surface area contributed by atoms with Gasteiger partial charge >= 0.3 is 5.97 Å². The molecule has 3 atom stereocenters. The Morgan fingerprint density at radius 2 is 2.16 bits per heavy atom. The van der Waals surface area contributed by atoms with Gasteiger partial charge in [0.2, 0.25) is 0 Å². The van der Waals surface area contributed by atoms with Gasteiger partial charge in [-0.3, -0.25) is 9.59 Å². The van der Waals surface area contributed by atoms with Crippen molar-refractivity contribution >= 4 is 11.8 Å². The van der Waals surface area contributed by atoms with Gasteiger partial charge in [-0.1, -0.05) is 32.1 Å². The molecule has 104 valence electrons. The van der Waals surface area contributed by atoms with E-state index in [0.29, 0.717) is 6.42 Å². The molecule has 3 heteroatoms. The lowest BCUT2D eigenvalue weighted by Crippen LogP contribution is -2.48. The maximum absolute atomic E-state index is 12.5. The molecule has 0 heterocycles. The molecule has 0 aromatic carbocycles. The Morgan fingerprint density at radius 1 is 1.47 bits per heavy atom. The summed E-state index contributed by atoms with van der Waals surface area (Å²) in [6, 6.07) is 0. The number of rotatable bonds is 2. The molecule has 0 spiro atoms. The van der Waals surface area contributed by atoms with Gasteiger partial charge in [0.1, 0.15) is 0 Å². The number of ketones is 1. The predicted octanol–water partition coefficient (Wildman–Crippen LogP) is 3.06. The SMILES string of the molecule is COC(=O)CC1(C)C=CCC2(C)C(=O)C(C)=CCC12. The summed E-state index contributed by atoms with van der Waals surface area (Å²) < 4.78 is 4.81. The van der Waals surface area contributed by atoms with Gasteiger partial charge in [0, 0.05) is 5.41 Å². The predicted molar refractivity (Wildman–Crippen MR) is 73.5 cm³/mol. The highest BCUT2D eigenvalue weighted by Gasteiger charge is 2.52. The zero-order valence-electron chi connectivity index (χ0n) is 12.2. The first kappa shape index (κ1) is 14.0. The Balaban J connectivity index is 2.39. The molecule has 3 nitrogen and oxygen atoms in total. The van der Waals surface area contributed by atoms with Crippen molar-refractivity contribution in [2.45, 2.75) is 40.0 Å². The van der Waals surface area contributed by atoms with Gasteiger partial charge in [-0.05, 0) is 36.7 Å². The quantitative estimate of drug-likeness (QED) is 0.567. The Morgan fingerprint density at radius 3 is 2.79 bits per heavy atom. The van der Waals surface area contributed by atoms with Crippen LogP contribution in [0.5, 0.6) is 0 Å². The first-order valence-corrected chi connectivity index (χ1v) is 6.79. The molecule has 2 aliphatic rings. The van der Waals surface area contributed by atoms with Crippen molar-refractivity contribution in [3.63, 3.8) is 0 Å². The third-order valence-electron chi connectivity index (χ3n) is 4.90. The topological polar surface area (TPSA) is 43.4 Å². The summed E-state index contributed by atoms with van der Waals surface area (Å²) in [7, 11) is 1.41. The van der Waals surface area contributed by atoms with Crippen LogP contribution in [0.4, 0.5) is 0 Å². The number of carbonyl (C=O) groups is 2. The molecule has 0 radical (unpaired) electrons. The Hall–Kier alpha value is -1.38. The lowest BCUT2D eigenvalue weighted by Gasteiger charge is -2.50. The minimum absolute atomic E-state index is 0.167. The minimum atomic E-state index is -0.379. The fraction of sp³-hybridized carbons (Fsp3) is 0.625. The van der Waals surface area contributed by atoms with E-state index in [-0.39, 0.29) is 28.5 Å². The van der Waals surface area contributed by atoms with Crippen molar-refractivity contribution in [2.24, 2.45) is 16.7 Å². The van der Waals surface area contributed by atoms with Crippen LogP contribution in [0.25, 0.3) is 0 Å². The lowest BCUT2D eigenvalue weighted by molar-refractivity contribution is -0.146. The molecule has 0 saturated carbocycles. The lowest BCUT2D eigenvalue weighted by atomic mass is 9.53. The van der Waals surface area contributed by atoms with Crippen LogP contribution in [0.15, 0.2) is 23.8 Å². The molecule has 0 saturated heterocycles. The largest absolute Gasteiger partial charge is 0.469 e. The van der Waals surface area contributed by atoms with Crippen molar-refractivity contribution in [1.82, 2.24) is 0 Å². The van der Waals surface area contributed by atoms with Gasteiger partial charge in [0.25, 0.3) is 0 Å². The molecular formula is C16H22O3. The fourth-order valence-electron chi connectivity index (χ4n) is 3.74. The highest BCUT2D eigenvalue weighted by Crippen LogP contribution is 2.54. The summed E-state index contributed by atoms with van der Waals surface area (Å²) >= 11 is 0. The van der Waals surface area contributed by atoms with E-state index < -0.39 is 0 Å². The summed E-state index contributed by atoms with van der Waals surface area (Å²) in [5.74, 6) is 0.180. The normalized spacial score (nSPS) is 37.6. The number of fused-ring (bicyclic) bond motifs is 1. The number of hydrogen-bond donors (Lipinski definition) is 0. The van der Waals surface area contributed by atoms with Crippen molar-refractivity contribution in [3.8, 4) is 0 Å². The van der Waals surface area contributed by atoms with Gasteiger partial charge < -0.3 is 4.74 Å². The van der Waals surface area contributed by atoms with Crippen LogP contribution in [-0.2, 0) is 14.3 Å². The standard InChI is InChI=1S/C16H22O3/c1-11-6-7-12-15(2,10-13(17)19-4)8-5-9-16(12,3)14(11)18/h5-6,8,12H,7,9-10H2,1-4H3. The number of methoxy groups -OCH3 is 1. The summed E-state index contributed by atoms with van der Waals surface area (Å²) in [5.41, 5.74) is 0.179. The fourth-order valence-corrected chi connectivity index (χ4v) is 3.74. The molecule has 0 fully saturated rings. The van der Waals surface area contributed by atoms with Crippen LogP contribution in [0, 0.1) is 16.7 Å². The Bertz CT molecular complexity index is 474. The number of ether oxygens (including phenoxy) is 1. The average molecular weight is 262 g/mol. The van der Waals surface area contributed by atoms with Gasteiger partial charge in [-0.25, -0.2) is 0 Å². The van der Waals surface area contributed by atoms with Crippen LogP contribution in [0.1, 0.15) is 40.0 Å². The zero-order chi connectivity index (χ0) is 14.3. The summed E-state index contributed by atoms with van der Waals surface area (Å²) in [6.07, 6.45) is 8.11. The molecule has 0 aliphatic heterocycles. The summed E-state index contributed by atoms with van der Waals surface area (Å²) in [4.78, 5) is 24.2. The maximum atomic E-state index is 12.5. The number of Topliss-reactive ketones (excluding diaryl/α,β-unsaturated/α-hetero) is 1. The second-order valence-electron chi connectivity index (χ2n) is 6.29. The van der Waals surface area contributed by atoms with Gasteiger partial charge in [0.15, 0.2) is 5.78 Å². The Labute approximate surface area is 114 Å². The second-order valence-corrected chi connectivity index (χ2v) is 6.29. The van der Waals surface area contributed by atoms with Crippen molar-refractivity contribution in [1.29, 1.82) is 0 Å². The molecule has 0 aromatic rings. The van der Waals surface area contributed by atoms with Crippen molar-refractivity contribution in [3.05, 3.63) is 23.8 Å². The number of carbonyl (C=O) groups excluding carboxylic acids is 2. The van der Waals surface area contributed by atoms with Crippen LogP contribution >= 0.6 is 0 Å². The van der Waals surface area contributed by atoms with Gasteiger partial charge in [-0.15, -0.1) is 0 Å². The van der Waals surface area contributed by atoms with E-state index >= 15 is 0 Å². The molecule has 3 unspecified atom stereocenters. The second kappa shape index (κ2) is 4.62. The molecule has 2 rings (SSSR count). The highest BCUT2D eigenvalue weighted by molar-refractivity contribution is 6.00. The first-order valence-electron chi connectivity index (χ1n) is 6.79. The van der Waals surface area contributed by atoms with Crippen LogP contribution in [-0.4, -0.2) is 18.9 Å². The summed E-state index contributed by atoms with van der Waals surface area (Å²) in [6.45, 7) is 5.99. The molecule has 0 amide bonds. The molecule has 19 heavy (non-hydrogen) atoms. The molecule has 0 N–H and O–H groups in total. The maximum Gasteiger partial charge on any atom is 0.306 e. The number of allylic oxidation sites excluding steroid dienone is 4.